The normalized spacial score (nSPS) is 22.8. The maximum Gasteiger partial charge on any atom is 0.191 e. The van der Waals surface area contributed by atoms with Gasteiger partial charge >= 0.3 is 0 Å². The zero-order chi connectivity index (χ0) is 15.1. The van der Waals surface area contributed by atoms with E-state index < -0.39 is 0 Å². The molecule has 1 atom stereocenters. The minimum Gasteiger partial charge on any atom is -0.355 e. The summed E-state index contributed by atoms with van der Waals surface area (Å²) in [5.74, 6) is 1.78. The van der Waals surface area contributed by atoms with Gasteiger partial charge in [-0.1, -0.05) is 31.4 Å². The first-order chi connectivity index (χ1) is 10.2. The van der Waals surface area contributed by atoms with E-state index in [2.05, 4.69) is 46.8 Å². The topological polar surface area (TPSA) is 39.7 Å². The maximum atomic E-state index is 4.38. The highest BCUT2D eigenvalue weighted by atomic mass is 15.2. The Morgan fingerprint density at radius 3 is 2.43 bits per heavy atom. The van der Waals surface area contributed by atoms with Crippen LogP contribution in [0.3, 0.4) is 0 Å². The number of aliphatic imine (C=N–C) groups is 1. The van der Waals surface area contributed by atoms with Gasteiger partial charge < -0.3 is 15.5 Å². The van der Waals surface area contributed by atoms with Crippen LogP contribution in [-0.4, -0.2) is 50.6 Å². The Morgan fingerprint density at radius 2 is 1.86 bits per heavy atom. The Kier molecular flexibility index (Phi) is 6.55. The summed E-state index contributed by atoms with van der Waals surface area (Å²) in [6.07, 6.45) is 13.7. The maximum absolute atomic E-state index is 4.38. The number of hydrogen-bond donors (Lipinski definition) is 2. The summed E-state index contributed by atoms with van der Waals surface area (Å²) in [7, 11) is 6.28. The second-order valence-corrected chi connectivity index (χ2v) is 6.67. The van der Waals surface area contributed by atoms with Crippen molar-refractivity contribution in [1.29, 1.82) is 0 Å². The molecule has 21 heavy (non-hydrogen) atoms. The summed E-state index contributed by atoms with van der Waals surface area (Å²) in [6.45, 7) is 0.984. The third kappa shape index (κ3) is 5.03. The second kappa shape index (κ2) is 8.42. The van der Waals surface area contributed by atoms with Crippen LogP contribution in [0.15, 0.2) is 17.1 Å². The molecule has 2 aliphatic carbocycles. The lowest BCUT2D eigenvalue weighted by Crippen LogP contribution is -2.50. The quantitative estimate of drug-likeness (QED) is 0.464. The number of nitrogens with one attached hydrogen (secondary N) is 2. The lowest BCUT2D eigenvalue weighted by molar-refractivity contribution is 0.171. The Bertz CT molecular complexity index is 348. The van der Waals surface area contributed by atoms with Gasteiger partial charge in [-0.25, -0.2) is 0 Å². The lowest BCUT2D eigenvalue weighted by atomic mass is 9.83. The van der Waals surface area contributed by atoms with Crippen molar-refractivity contribution in [3.05, 3.63) is 12.2 Å². The molecule has 0 radical (unpaired) electrons. The van der Waals surface area contributed by atoms with Crippen LogP contribution in [0.25, 0.3) is 0 Å². The lowest BCUT2D eigenvalue weighted by Gasteiger charge is -2.35. The fraction of sp³-hybridized carbons (Fsp3) is 0.824. The van der Waals surface area contributed by atoms with Crippen molar-refractivity contribution in [3.8, 4) is 0 Å². The Balaban J connectivity index is 1.81. The van der Waals surface area contributed by atoms with Gasteiger partial charge in [-0.3, -0.25) is 4.99 Å². The third-order valence-corrected chi connectivity index (χ3v) is 4.91. The zero-order valence-corrected chi connectivity index (χ0v) is 13.9. The van der Waals surface area contributed by atoms with Crippen LogP contribution in [0.1, 0.15) is 44.9 Å². The molecule has 120 valence electrons. The van der Waals surface area contributed by atoms with E-state index in [0.717, 1.165) is 31.3 Å². The molecule has 0 amide bonds. The third-order valence-electron chi connectivity index (χ3n) is 4.91. The van der Waals surface area contributed by atoms with E-state index in [1.54, 1.807) is 0 Å². The Labute approximate surface area is 130 Å². The molecule has 0 aromatic rings. The summed E-state index contributed by atoms with van der Waals surface area (Å²) in [5.41, 5.74) is 0. The van der Waals surface area contributed by atoms with E-state index in [0.29, 0.717) is 12.1 Å². The van der Waals surface area contributed by atoms with Crippen molar-refractivity contribution < 1.29 is 0 Å². The predicted molar refractivity (Wildman–Crippen MR) is 90.7 cm³/mol. The molecule has 2 N–H and O–H groups in total. The molecule has 4 nitrogen and oxygen atoms in total. The molecule has 0 heterocycles. The SMILES string of the molecule is CN=C(NCC(C1CCCCC1)N(C)C)NC1CC=CC1. The zero-order valence-electron chi connectivity index (χ0n) is 13.9. The van der Waals surface area contributed by atoms with Crippen LogP contribution in [0, 0.1) is 5.92 Å². The van der Waals surface area contributed by atoms with Gasteiger partial charge in [0, 0.05) is 25.7 Å². The van der Waals surface area contributed by atoms with Crippen molar-refractivity contribution >= 4 is 5.96 Å². The van der Waals surface area contributed by atoms with Gasteiger partial charge in [0.2, 0.25) is 0 Å². The molecule has 0 aliphatic heterocycles. The minimum absolute atomic E-state index is 0.517. The molecule has 1 saturated carbocycles. The standard InChI is InChI=1S/C17H32N4/c1-18-17(20-15-11-7-8-12-15)19-13-16(21(2)3)14-9-5-4-6-10-14/h7-8,14-16H,4-6,9-13H2,1-3H3,(H2,18,19,20). The molecule has 0 saturated heterocycles. The molecule has 2 aliphatic rings. The van der Waals surface area contributed by atoms with Crippen molar-refractivity contribution in [2.24, 2.45) is 10.9 Å². The van der Waals surface area contributed by atoms with Crippen molar-refractivity contribution in [2.45, 2.75) is 57.0 Å². The fourth-order valence-electron chi connectivity index (χ4n) is 3.61. The van der Waals surface area contributed by atoms with Gasteiger partial charge in [0.05, 0.1) is 0 Å². The molecule has 4 heteroatoms. The monoisotopic (exact) mass is 292 g/mol. The van der Waals surface area contributed by atoms with Crippen LogP contribution in [0.2, 0.25) is 0 Å². The van der Waals surface area contributed by atoms with Gasteiger partial charge in [-0.2, -0.15) is 0 Å². The number of likely N-dealkylation sites (N-methyl/N-ethyl adjacent to an activating group) is 1. The molecule has 2 rings (SSSR count). The summed E-state index contributed by atoms with van der Waals surface area (Å²) >= 11 is 0. The molecule has 0 spiro atoms. The highest BCUT2D eigenvalue weighted by molar-refractivity contribution is 5.80. The average Bonchev–Trinajstić information content (AvgIpc) is 3.00. The van der Waals surface area contributed by atoms with E-state index in [4.69, 9.17) is 0 Å². The summed E-state index contributed by atoms with van der Waals surface area (Å²) < 4.78 is 0. The van der Waals surface area contributed by atoms with Crippen LogP contribution in [-0.2, 0) is 0 Å². The molecule has 0 aromatic carbocycles. The molecule has 1 unspecified atom stereocenters. The highest BCUT2D eigenvalue weighted by Gasteiger charge is 2.25. The van der Waals surface area contributed by atoms with Crippen molar-refractivity contribution in [1.82, 2.24) is 15.5 Å². The van der Waals surface area contributed by atoms with Crippen LogP contribution >= 0.6 is 0 Å². The number of hydrogen-bond acceptors (Lipinski definition) is 2. The largest absolute Gasteiger partial charge is 0.355 e. The number of rotatable bonds is 5. The first kappa shape index (κ1) is 16.3. The van der Waals surface area contributed by atoms with Crippen molar-refractivity contribution in [2.75, 3.05) is 27.7 Å². The van der Waals surface area contributed by atoms with E-state index in [1.807, 2.05) is 7.05 Å². The average molecular weight is 292 g/mol. The second-order valence-electron chi connectivity index (χ2n) is 6.67. The van der Waals surface area contributed by atoms with E-state index in [9.17, 15) is 0 Å². The van der Waals surface area contributed by atoms with Gasteiger partial charge in [0.1, 0.15) is 0 Å². The van der Waals surface area contributed by atoms with Crippen LogP contribution in [0.4, 0.5) is 0 Å². The van der Waals surface area contributed by atoms with Crippen LogP contribution < -0.4 is 10.6 Å². The van der Waals surface area contributed by atoms with E-state index in [-0.39, 0.29) is 0 Å². The predicted octanol–water partition coefficient (Wildman–Crippen LogP) is 2.38. The summed E-state index contributed by atoms with van der Waals surface area (Å²) in [6, 6.07) is 1.12. The Morgan fingerprint density at radius 1 is 1.19 bits per heavy atom. The fourth-order valence-corrected chi connectivity index (χ4v) is 3.61. The first-order valence-electron chi connectivity index (χ1n) is 8.49. The van der Waals surface area contributed by atoms with E-state index >= 15 is 0 Å². The van der Waals surface area contributed by atoms with Gasteiger partial charge in [-0.05, 0) is 45.7 Å². The molecule has 1 fully saturated rings. The molecular formula is C17H32N4. The van der Waals surface area contributed by atoms with Crippen molar-refractivity contribution in [3.63, 3.8) is 0 Å². The van der Waals surface area contributed by atoms with E-state index in [1.165, 1.54) is 32.1 Å². The summed E-state index contributed by atoms with van der Waals surface area (Å²) in [4.78, 5) is 6.76. The number of guanidine groups is 1. The van der Waals surface area contributed by atoms with Gasteiger partial charge in [-0.15, -0.1) is 0 Å². The highest BCUT2D eigenvalue weighted by Crippen LogP contribution is 2.28. The van der Waals surface area contributed by atoms with Crippen LogP contribution in [0.5, 0.6) is 0 Å². The molecular weight excluding hydrogens is 260 g/mol. The summed E-state index contributed by atoms with van der Waals surface area (Å²) in [5, 5.41) is 7.07. The van der Waals surface area contributed by atoms with Gasteiger partial charge in [0.15, 0.2) is 5.96 Å². The minimum atomic E-state index is 0.517. The molecule has 0 aromatic heterocycles. The van der Waals surface area contributed by atoms with Gasteiger partial charge in [0.25, 0.3) is 0 Å². The smallest absolute Gasteiger partial charge is 0.191 e. The Hall–Kier alpha value is -1.03. The first-order valence-corrected chi connectivity index (χ1v) is 8.49. The molecule has 0 bridgehead atoms. The number of nitrogens with zero attached hydrogens (tertiary/aromatic N) is 2.